The molecule has 4 rings (SSSR count). The van der Waals surface area contributed by atoms with Crippen molar-refractivity contribution in [3.05, 3.63) is 74.4 Å². The molecule has 0 saturated heterocycles. The van der Waals surface area contributed by atoms with E-state index in [1.165, 1.54) is 0 Å². The Morgan fingerprint density at radius 1 is 1.31 bits per heavy atom. The number of benzene rings is 1. The Labute approximate surface area is 187 Å². The number of nitrogens with zero attached hydrogens (tertiary/aromatic N) is 4. The van der Waals surface area contributed by atoms with Gasteiger partial charge in [-0.15, -0.1) is 10.2 Å². The van der Waals surface area contributed by atoms with Crippen LogP contribution in [0.4, 0.5) is 0 Å². The monoisotopic (exact) mass is 457 g/mol. The number of aliphatic hydroxyl groups excluding tert-OH is 1. The molecule has 1 saturated carbocycles. The summed E-state index contributed by atoms with van der Waals surface area (Å²) in [5, 5.41) is 29.8. The first-order chi connectivity index (χ1) is 15.4. The fourth-order valence-electron chi connectivity index (χ4n) is 3.28. The van der Waals surface area contributed by atoms with Gasteiger partial charge in [0.05, 0.1) is 11.6 Å². The van der Waals surface area contributed by atoms with Crippen molar-refractivity contribution in [3.63, 3.8) is 0 Å². The van der Waals surface area contributed by atoms with Gasteiger partial charge in [0.15, 0.2) is 13.2 Å². The van der Waals surface area contributed by atoms with E-state index in [9.17, 15) is 14.7 Å². The molecule has 11 heteroatoms. The van der Waals surface area contributed by atoms with Gasteiger partial charge in [0.25, 0.3) is 5.56 Å². The van der Waals surface area contributed by atoms with Crippen molar-refractivity contribution >= 4 is 23.1 Å². The lowest BCUT2D eigenvalue weighted by atomic mass is 10.0. The topological polar surface area (TPSA) is 143 Å². The van der Waals surface area contributed by atoms with Gasteiger partial charge in [-0.2, -0.15) is 4.80 Å². The number of nitrogens with one attached hydrogen (secondary N) is 1. The van der Waals surface area contributed by atoms with E-state index in [1.54, 1.807) is 24.3 Å². The fraction of sp³-hybridized carbons (Fsp3) is 0.286. The zero-order valence-corrected chi connectivity index (χ0v) is 17.6. The first kappa shape index (κ1) is 21.7. The second-order valence-electron chi connectivity index (χ2n) is 7.29. The molecule has 1 aliphatic carbocycles. The van der Waals surface area contributed by atoms with E-state index < -0.39 is 12.5 Å². The summed E-state index contributed by atoms with van der Waals surface area (Å²) in [5.74, 6) is -0.167. The second-order valence-corrected chi connectivity index (χ2v) is 7.70. The smallest absolute Gasteiger partial charge is 0.327 e. The number of aromatic nitrogens is 5. The SMILES string of the molecule is O=C(O)Cn1nnc(COc2ccc(/C(=C\CO)c3ccc(C4CC4)c(=O)[nH]3)cc2Cl)n1. The van der Waals surface area contributed by atoms with Gasteiger partial charge in [-0.25, -0.2) is 0 Å². The Hall–Kier alpha value is -3.50. The fourth-order valence-corrected chi connectivity index (χ4v) is 3.52. The minimum Gasteiger partial charge on any atom is -0.484 e. The van der Waals surface area contributed by atoms with Gasteiger partial charge in [-0.3, -0.25) is 9.59 Å². The number of ether oxygens (including phenoxy) is 1. The third-order valence-electron chi connectivity index (χ3n) is 4.91. The van der Waals surface area contributed by atoms with Crippen LogP contribution in [0, 0.1) is 0 Å². The van der Waals surface area contributed by atoms with Crippen LogP contribution in [0.2, 0.25) is 5.02 Å². The Morgan fingerprint density at radius 2 is 2.12 bits per heavy atom. The van der Waals surface area contributed by atoms with E-state index in [4.69, 9.17) is 21.4 Å². The van der Waals surface area contributed by atoms with Crippen LogP contribution in [0.25, 0.3) is 5.57 Å². The highest BCUT2D eigenvalue weighted by Crippen LogP contribution is 2.38. The zero-order valence-electron chi connectivity index (χ0n) is 16.9. The minimum absolute atomic E-state index is 0.0476. The molecular weight excluding hydrogens is 438 g/mol. The third kappa shape index (κ3) is 5.04. The molecule has 166 valence electrons. The summed E-state index contributed by atoms with van der Waals surface area (Å²) in [4.78, 5) is 27.0. The molecule has 0 amide bonds. The molecule has 0 spiro atoms. The average molecular weight is 458 g/mol. The number of pyridine rings is 1. The largest absolute Gasteiger partial charge is 0.484 e. The number of aliphatic hydroxyl groups is 1. The normalized spacial score (nSPS) is 13.9. The van der Waals surface area contributed by atoms with Crippen molar-refractivity contribution in [1.82, 2.24) is 25.2 Å². The van der Waals surface area contributed by atoms with E-state index in [1.807, 2.05) is 12.1 Å². The van der Waals surface area contributed by atoms with Crippen molar-refractivity contribution in [2.24, 2.45) is 0 Å². The molecule has 10 nitrogen and oxygen atoms in total. The summed E-state index contributed by atoms with van der Waals surface area (Å²) in [6.07, 6.45) is 3.66. The maximum Gasteiger partial charge on any atom is 0.327 e. The van der Waals surface area contributed by atoms with Crippen molar-refractivity contribution in [1.29, 1.82) is 0 Å². The quantitative estimate of drug-likeness (QED) is 0.442. The Balaban J connectivity index is 1.51. The molecule has 0 radical (unpaired) electrons. The summed E-state index contributed by atoms with van der Waals surface area (Å²) in [5.41, 5.74) is 2.57. The number of aliphatic carboxylic acids is 1. The Kier molecular flexibility index (Phi) is 6.33. The summed E-state index contributed by atoms with van der Waals surface area (Å²) in [6, 6.07) is 8.74. The molecular formula is C21H20ClN5O5. The number of carbonyl (C=O) groups is 1. The lowest BCUT2D eigenvalue weighted by Crippen LogP contribution is -2.13. The van der Waals surface area contributed by atoms with Crippen molar-refractivity contribution < 1.29 is 19.7 Å². The number of hydrogen-bond acceptors (Lipinski definition) is 7. The van der Waals surface area contributed by atoms with E-state index in [2.05, 4.69) is 20.4 Å². The van der Waals surface area contributed by atoms with E-state index in [0.29, 0.717) is 33.5 Å². The third-order valence-corrected chi connectivity index (χ3v) is 5.21. The van der Waals surface area contributed by atoms with Crippen molar-refractivity contribution in [2.75, 3.05) is 6.61 Å². The minimum atomic E-state index is -1.08. The number of tetrazole rings is 1. The predicted molar refractivity (Wildman–Crippen MR) is 114 cm³/mol. The number of aromatic amines is 1. The number of rotatable bonds is 9. The van der Waals surface area contributed by atoms with Gasteiger partial charge in [0.2, 0.25) is 5.82 Å². The molecule has 1 aromatic carbocycles. The molecule has 2 heterocycles. The highest BCUT2D eigenvalue weighted by molar-refractivity contribution is 6.32. The average Bonchev–Trinajstić information content (AvgIpc) is 3.50. The Morgan fingerprint density at radius 3 is 2.78 bits per heavy atom. The predicted octanol–water partition coefficient (Wildman–Crippen LogP) is 1.98. The number of carboxylic acids is 1. The van der Waals surface area contributed by atoms with Gasteiger partial charge in [0.1, 0.15) is 5.75 Å². The Bertz CT molecular complexity index is 1230. The van der Waals surface area contributed by atoms with Crippen LogP contribution < -0.4 is 10.3 Å². The number of H-pyrrole nitrogens is 1. The molecule has 32 heavy (non-hydrogen) atoms. The summed E-state index contributed by atoms with van der Waals surface area (Å²) >= 11 is 6.38. The molecule has 2 aromatic heterocycles. The first-order valence-corrected chi connectivity index (χ1v) is 10.3. The van der Waals surface area contributed by atoms with Gasteiger partial charge in [-0.05, 0) is 53.8 Å². The number of halogens is 1. The van der Waals surface area contributed by atoms with Crippen LogP contribution in [-0.2, 0) is 17.9 Å². The maximum atomic E-state index is 12.4. The van der Waals surface area contributed by atoms with Gasteiger partial charge < -0.3 is 19.9 Å². The van der Waals surface area contributed by atoms with E-state index >= 15 is 0 Å². The molecule has 3 aromatic rings. The van der Waals surface area contributed by atoms with Crippen LogP contribution in [0.1, 0.15) is 41.4 Å². The molecule has 0 bridgehead atoms. The van der Waals surface area contributed by atoms with Crippen molar-refractivity contribution in [2.45, 2.75) is 31.9 Å². The van der Waals surface area contributed by atoms with Gasteiger partial charge >= 0.3 is 5.97 Å². The lowest BCUT2D eigenvalue weighted by molar-refractivity contribution is -0.138. The zero-order chi connectivity index (χ0) is 22.7. The number of hydrogen-bond donors (Lipinski definition) is 3. The van der Waals surface area contributed by atoms with Gasteiger partial charge in [-0.1, -0.05) is 23.7 Å². The van der Waals surface area contributed by atoms with E-state index in [0.717, 1.165) is 23.2 Å². The molecule has 1 aliphatic rings. The standard InChI is InChI=1S/C21H20ClN5O5/c22-16-9-13(3-6-18(16)32-11-19-24-26-27(25-19)10-20(29)30)14(7-8-28)17-5-4-15(12-1-2-12)21(31)23-17/h3-7,9,12,28H,1-2,8,10-11H2,(H,23,31)(H,29,30)/b14-7+. The van der Waals surface area contributed by atoms with Crippen LogP contribution in [0.3, 0.4) is 0 Å². The van der Waals surface area contributed by atoms with Gasteiger partial charge in [0, 0.05) is 16.8 Å². The summed E-state index contributed by atoms with van der Waals surface area (Å²) in [6.45, 7) is -0.657. The first-order valence-electron chi connectivity index (χ1n) is 9.90. The lowest BCUT2D eigenvalue weighted by Gasteiger charge is -2.12. The number of carboxylic acid groups (broad SMARTS) is 1. The van der Waals surface area contributed by atoms with Crippen LogP contribution in [0.15, 0.2) is 41.2 Å². The van der Waals surface area contributed by atoms with E-state index in [-0.39, 0.29) is 24.6 Å². The highest BCUT2D eigenvalue weighted by atomic mass is 35.5. The van der Waals surface area contributed by atoms with Crippen molar-refractivity contribution in [3.8, 4) is 5.75 Å². The molecule has 0 atom stereocenters. The highest BCUT2D eigenvalue weighted by Gasteiger charge is 2.26. The summed E-state index contributed by atoms with van der Waals surface area (Å²) in [7, 11) is 0. The summed E-state index contributed by atoms with van der Waals surface area (Å²) < 4.78 is 5.63. The van der Waals surface area contributed by atoms with Crippen LogP contribution >= 0.6 is 11.6 Å². The molecule has 0 aliphatic heterocycles. The van der Waals surface area contributed by atoms with Crippen LogP contribution in [0.5, 0.6) is 5.75 Å². The molecule has 1 fully saturated rings. The second kappa shape index (κ2) is 9.33. The molecule has 0 unspecified atom stereocenters. The maximum absolute atomic E-state index is 12.4. The van der Waals surface area contributed by atoms with Crippen LogP contribution in [-0.4, -0.2) is 48.0 Å². The molecule has 3 N–H and O–H groups in total.